The molecule has 0 amide bonds. The molecule has 0 saturated heterocycles. The first-order valence-corrected chi connectivity index (χ1v) is 8.34. The molecule has 0 aromatic rings. The van der Waals surface area contributed by atoms with E-state index in [9.17, 15) is 0 Å². The van der Waals surface area contributed by atoms with Crippen molar-refractivity contribution in [3.8, 4) is 0 Å². The molecule has 0 aliphatic heterocycles. The van der Waals surface area contributed by atoms with Crippen LogP contribution in [0.4, 0.5) is 0 Å². The van der Waals surface area contributed by atoms with E-state index >= 15 is 0 Å². The first kappa shape index (κ1) is 15.3. The highest BCUT2D eigenvalue weighted by atomic mass is 32.2. The largest absolute Gasteiger partial charge is 0.385 e. The van der Waals surface area contributed by atoms with Gasteiger partial charge in [-0.15, -0.1) is 0 Å². The van der Waals surface area contributed by atoms with Crippen LogP contribution in [0.1, 0.15) is 45.4 Å². The molecular weight excluding hydrogens is 230 g/mol. The highest BCUT2D eigenvalue weighted by Crippen LogP contribution is 2.29. The van der Waals surface area contributed by atoms with E-state index in [1.165, 1.54) is 56.6 Å². The molecule has 0 spiro atoms. The SMILES string of the molecule is CCCNC(CSCCCOC)C1CCCC1. The second-order valence-electron chi connectivity index (χ2n) is 5.03. The Balaban J connectivity index is 2.15. The summed E-state index contributed by atoms with van der Waals surface area (Å²) in [4.78, 5) is 0. The Morgan fingerprint density at radius 3 is 2.76 bits per heavy atom. The molecule has 0 aromatic heterocycles. The molecule has 17 heavy (non-hydrogen) atoms. The van der Waals surface area contributed by atoms with Crippen molar-refractivity contribution in [2.75, 3.05) is 31.8 Å². The van der Waals surface area contributed by atoms with Gasteiger partial charge < -0.3 is 10.1 Å². The van der Waals surface area contributed by atoms with Gasteiger partial charge in [0.2, 0.25) is 0 Å². The summed E-state index contributed by atoms with van der Waals surface area (Å²) in [5.41, 5.74) is 0. The smallest absolute Gasteiger partial charge is 0.0470 e. The standard InChI is InChI=1S/C14H29NOS/c1-3-9-15-14(13-7-4-5-8-13)12-17-11-6-10-16-2/h13-15H,3-12H2,1-2H3. The van der Waals surface area contributed by atoms with Crippen molar-refractivity contribution in [3.63, 3.8) is 0 Å². The Labute approximate surface area is 111 Å². The Bertz CT molecular complexity index is 172. The van der Waals surface area contributed by atoms with Crippen molar-refractivity contribution in [2.24, 2.45) is 5.92 Å². The van der Waals surface area contributed by atoms with Gasteiger partial charge in [-0.25, -0.2) is 0 Å². The van der Waals surface area contributed by atoms with E-state index < -0.39 is 0 Å². The summed E-state index contributed by atoms with van der Waals surface area (Å²) in [6.07, 6.45) is 8.22. The summed E-state index contributed by atoms with van der Waals surface area (Å²) in [6.45, 7) is 4.34. The number of methoxy groups -OCH3 is 1. The van der Waals surface area contributed by atoms with E-state index in [-0.39, 0.29) is 0 Å². The van der Waals surface area contributed by atoms with Gasteiger partial charge >= 0.3 is 0 Å². The summed E-state index contributed by atoms with van der Waals surface area (Å²) in [5, 5.41) is 3.75. The Morgan fingerprint density at radius 2 is 2.12 bits per heavy atom. The van der Waals surface area contributed by atoms with Crippen LogP contribution in [0, 0.1) is 5.92 Å². The summed E-state index contributed by atoms with van der Waals surface area (Å²) >= 11 is 2.10. The van der Waals surface area contributed by atoms with Crippen LogP contribution in [0.2, 0.25) is 0 Å². The lowest BCUT2D eigenvalue weighted by Gasteiger charge is -2.24. The van der Waals surface area contributed by atoms with Crippen LogP contribution in [0.5, 0.6) is 0 Å². The summed E-state index contributed by atoms with van der Waals surface area (Å²) in [6, 6.07) is 0.755. The normalized spacial score (nSPS) is 18.7. The quantitative estimate of drug-likeness (QED) is 0.608. The van der Waals surface area contributed by atoms with Crippen LogP contribution in [-0.2, 0) is 4.74 Å². The minimum Gasteiger partial charge on any atom is -0.385 e. The van der Waals surface area contributed by atoms with Crippen LogP contribution in [0.15, 0.2) is 0 Å². The van der Waals surface area contributed by atoms with E-state index in [4.69, 9.17) is 4.74 Å². The Kier molecular flexibility index (Phi) is 9.21. The highest BCUT2D eigenvalue weighted by molar-refractivity contribution is 7.99. The van der Waals surface area contributed by atoms with Crippen molar-refractivity contribution in [1.82, 2.24) is 5.32 Å². The Hall–Kier alpha value is 0.270. The van der Waals surface area contributed by atoms with Crippen molar-refractivity contribution in [1.29, 1.82) is 0 Å². The van der Waals surface area contributed by atoms with Crippen molar-refractivity contribution in [3.05, 3.63) is 0 Å². The molecular formula is C14H29NOS. The van der Waals surface area contributed by atoms with Crippen molar-refractivity contribution in [2.45, 2.75) is 51.5 Å². The molecule has 2 nitrogen and oxygen atoms in total. The fraction of sp³-hybridized carbons (Fsp3) is 1.00. The van der Waals surface area contributed by atoms with Crippen LogP contribution < -0.4 is 5.32 Å². The van der Waals surface area contributed by atoms with Crippen LogP contribution in [0.25, 0.3) is 0 Å². The molecule has 1 aliphatic carbocycles. The molecule has 3 heteroatoms. The molecule has 1 aliphatic rings. The van der Waals surface area contributed by atoms with Crippen molar-refractivity contribution >= 4 is 11.8 Å². The van der Waals surface area contributed by atoms with Gasteiger partial charge in [-0.05, 0) is 43.9 Å². The second kappa shape index (κ2) is 10.2. The minimum atomic E-state index is 0.755. The number of ether oxygens (including phenoxy) is 1. The molecule has 1 saturated carbocycles. The Morgan fingerprint density at radius 1 is 1.35 bits per heavy atom. The van der Waals surface area contributed by atoms with Gasteiger partial charge in [-0.2, -0.15) is 11.8 Å². The maximum absolute atomic E-state index is 5.08. The number of thioether (sulfide) groups is 1. The summed E-state index contributed by atoms with van der Waals surface area (Å²) in [5.74, 6) is 3.47. The van der Waals surface area contributed by atoms with Crippen LogP contribution in [0.3, 0.4) is 0 Å². The molecule has 102 valence electrons. The third kappa shape index (κ3) is 6.68. The molecule has 1 atom stereocenters. The van der Waals surface area contributed by atoms with Gasteiger partial charge in [0, 0.05) is 25.5 Å². The first-order chi connectivity index (χ1) is 8.38. The van der Waals surface area contributed by atoms with E-state index in [0.717, 1.165) is 18.6 Å². The van der Waals surface area contributed by atoms with Crippen LogP contribution in [-0.4, -0.2) is 37.8 Å². The minimum absolute atomic E-state index is 0.755. The fourth-order valence-corrected chi connectivity index (χ4v) is 3.70. The molecule has 1 N–H and O–H groups in total. The number of hydrogen-bond acceptors (Lipinski definition) is 3. The average Bonchev–Trinajstić information content (AvgIpc) is 2.86. The molecule has 1 rings (SSSR count). The fourth-order valence-electron chi connectivity index (χ4n) is 2.57. The number of hydrogen-bond donors (Lipinski definition) is 1. The third-order valence-corrected chi connectivity index (χ3v) is 4.73. The molecule has 1 fully saturated rings. The highest BCUT2D eigenvalue weighted by Gasteiger charge is 2.24. The molecule has 0 aromatic carbocycles. The number of nitrogens with one attached hydrogen (secondary N) is 1. The van der Waals surface area contributed by atoms with E-state index in [0.29, 0.717) is 0 Å². The van der Waals surface area contributed by atoms with Gasteiger partial charge in [0.1, 0.15) is 0 Å². The van der Waals surface area contributed by atoms with E-state index in [1.807, 2.05) is 0 Å². The zero-order valence-electron chi connectivity index (χ0n) is 11.5. The van der Waals surface area contributed by atoms with E-state index in [2.05, 4.69) is 24.0 Å². The predicted octanol–water partition coefficient (Wildman–Crippen LogP) is 3.31. The first-order valence-electron chi connectivity index (χ1n) is 7.18. The van der Waals surface area contributed by atoms with Gasteiger partial charge in [0.25, 0.3) is 0 Å². The average molecular weight is 259 g/mol. The third-order valence-electron chi connectivity index (χ3n) is 3.56. The molecule has 0 radical (unpaired) electrons. The molecule has 0 bridgehead atoms. The lowest BCUT2D eigenvalue weighted by atomic mass is 10.00. The molecule has 1 unspecified atom stereocenters. The van der Waals surface area contributed by atoms with E-state index in [1.54, 1.807) is 7.11 Å². The summed E-state index contributed by atoms with van der Waals surface area (Å²) in [7, 11) is 1.79. The maximum atomic E-state index is 5.08. The number of rotatable bonds is 10. The van der Waals surface area contributed by atoms with Crippen molar-refractivity contribution < 1.29 is 4.74 Å². The van der Waals surface area contributed by atoms with Gasteiger partial charge in [0.15, 0.2) is 0 Å². The summed E-state index contributed by atoms with van der Waals surface area (Å²) < 4.78 is 5.08. The second-order valence-corrected chi connectivity index (χ2v) is 6.18. The van der Waals surface area contributed by atoms with Crippen LogP contribution >= 0.6 is 11.8 Å². The maximum Gasteiger partial charge on any atom is 0.0470 e. The predicted molar refractivity (Wildman–Crippen MR) is 77.9 cm³/mol. The monoisotopic (exact) mass is 259 g/mol. The van der Waals surface area contributed by atoms with Gasteiger partial charge in [-0.1, -0.05) is 19.8 Å². The zero-order valence-corrected chi connectivity index (χ0v) is 12.4. The lowest BCUT2D eigenvalue weighted by Crippen LogP contribution is -2.37. The molecule has 0 heterocycles. The topological polar surface area (TPSA) is 21.3 Å². The zero-order chi connectivity index (χ0) is 12.3. The van der Waals surface area contributed by atoms with Gasteiger partial charge in [-0.3, -0.25) is 0 Å². The lowest BCUT2D eigenvalue weighted by molar-refractivity contribution is 0.200. The van der Waals surface area contributed by atoms with Gasteiger partial charge in [0.05, 0.1) is 0 Å².